The van der Waals surface area contributed by atoms with Crippen molar-refractivity contribution in [2.75, 3.05) is 0 Å². The maximum Gasteiger partial charge on any atom is 0.331 e. The molecule has 0 saturated heterocycles. The van der Waals surface area contributed by atoms with Gasteiger partial charge < -0.3 is 5.11 Å². The Morgan fingerprint density at radius 2 is 2.18 bits per heavy atom. The molecule has 2 aliphatic rings. The van der Waals surface area contributed by atoms with Crippen LogP contribution in [0.3, 0.4) is 0 Å². The first-order valence-corrected chi connectivity index (χ1v) is 6.58. The number of carboxylic acid groups (broad SMARTS) is 1. The molecule has 0 aromatic rings. The third kappa shape index (κ3) is 2.18. The van der Waals surface area contributed by atoms with Crippen molar-refractivity contribution in [2.45, 2.75) is 46.0 Å². The molecule has 0 aromatic carbocycles. The Bertz CT molecular complexity index is 380. The molecule has 0 amide bonds. The highest BCUT2D eigenvalue weighted by Crippen LogP contribution is 2.51. The molecule has 2 aliphatic carbocycles. The Morgan fingerprint density at radius 3 is 2.82 bits per heavy atom. The molecule has 3 atom stereocenters. The van der Waals surface area contributed by atoms with E-state index < -0.39 is 5.97 Å². The number of allylic oxidation sites excluding steroid dienone is 2. The molecular formula is C15H22O2. The van der Waals surface area contributed by atoms with Gasteiger partial charge in [0.05, 0.1) is 0 Å². The highest BCUT2D eigenvalue weighted by atomic mass is 16.4. The van der Waals surface area contributed by atoms with Gasteiger partial charge in [-0.1, -0.05) is 38.5 Å². The number of rotatable bonds is 2. The van der Waals surface area contributed by atoms with Gasteiger partial charge >= 0.3 is 5.97 Å². The third-order valence-corrected chi connectivity index (χ3v) is 4.70. The molecule has 2 nitrogen and oxygen atoms in total. The van der Waals surface area contributed by atoms with Crippen molar-refractivity contribution < 1.29 is 9.90 Å². The molecule has 0 aromatic heterocycles. The fourth-order valence-electron chi connectivity index (χ4n) is 3.54. The van der Waals surface area contributed by atoms with Crippen molar-refractivity contribution in [3.8, 4) is 0 Å². The van der Waals surface area contributed by atoms with Gasteiger partial charge in [-0.15, -0.1) is 0 Å². The molecule has 0 heterocycles. The van der Waals surface area contributed by atoms with Gasteiger partial charge in [0.1, 0.15) is 0 Å². The summed E-state index contributed by atoms with van der Waals surface area (Å²) in [5.74, 6) is -0.187. The van der Waals surface area contributed by atoms with Gasteiger partial charge in [0.25, 0.3) is 0 Å². The molecule has 2 heteroatoms. The summed E-state index contributed by atoms with van der Waals surface area (Å²) in [6, 6.07) is 0. The van der Waals surface area contributed by atoms with Crippen molar-refractivity contribution in [3.63, 3.8) is 0 Å². The van der Waals surface area contributed by atoms with E-state index in [2.05, 4.69) is 26.5 Å². The number of aliphatic carboxylic acids is 1. The van der Waals surface area contributed by atoms with Crippen LogP contribution in [-0.4, -0.2) is 11.1 Å². The van der Waals surface area contributed by atoms with E-state index in [9.17, 15) is 4.79 Å². The minimum atomic E-state index is -0.848. The predicted molar refractivity (Wildman–Crippen MR) is 68.7 cm³/mol. The normalized spacial score (nSPS) is 36.9. The van der Waals surface area contributed by atoms with E-state index in [1.54, 1.807) is 0 Å². The zero-order valence-corrected chi connectivity index (χ0v) is 10.8. The third-order valence-electron chi connectivity index (χ3n) is 4.70. The number of carboxylic acids is 1. The number of hydrogen-bond donors (Lipinski definition) is 1. The predicted octanol–water partition coefficient (Wildman–Crippen LogP) is 3.79. The lowest BCUT2D eigenvalue weighted by Crippen LogP contribution is -2.33. The maximum atomic E-state index is 11.0. The summed E-state index contributed by atoms with van der Waals surface area (Å²) in [6.45, 7) is 8.33. The van der Waals surface area contributed by atoms with Gasteiger partial charge in [-0.25, -0.2) is 4.79 Å². The van der Waals surface area contributed by atoms with Gasteiger partial charge in [0, 0.05) is 11.5 Å². The quantitative estimate of drug-likeness (QED) is 0.583. The van der Waals surface area contributed by atoms with Gasteiger partial charge in [-0.3, -0.25) is 0 Å². The van der Waals surface area contributed by atoms with E-state index >= 15 is 0 Å². The zero-order valence-electron chi connectivity index (χ0n) is 10.8. The van der Waals surface area contributed by atoms with Gasteiger partial charge in [-0.05, 0) is 37.0 Å². The van der Waals surface area contributed by atoms with Crippen LogP contribution in [-0.2, 0) is 4.79 Å². The highest BCUT2D eigenvalue weighted by molar-refractivity contribution is 5.86. The summed E-state index contributed by atoms with van der Waals surface area (Å²) in [4.78, 5) is 11.0. The lowest BCUT2D eigenvalue weighted by Gasteiger charge is -2.44. The van der Waals surface area contributed by atoms with Crippen molar-refractivity contribution in [2.24, 2.45) is 17.3 Å². The fraction of sp³-hybridized carbons (Fsp3) is 0.667. The second-order valence-corrected chi connectivity index (χ2v) is 5.95. The molecule has 94 valence electrons. The zero-order chi connectivity index (χ0) is 12.6. The molecule has 1 saturated carbocycles. The van der Waals surface area contributed by atoms with Crippen LogP contribution in [0.1, 0.15) is 46.0 Å². The van der Waals surface area contributed by atoms with Crippen molar-refractivity contribution >= 4 is 5.97 Å². The summed E-state index contributed by atoms with van der Waals surface area (Å²) in [5.41, 5.74) is 2.17. The summed E-state index contributed by atoms with van der Waals surface area (Å²) in [5, 5.41) is 9.03. The molecule has 2 rings (SSSR count). The Balaban J connectivity index is 2.28. The second-order valence-electron chi connectivity index (χ2n) is 5.95. The number of carbonyl (C=O) groups is 1. The first kappa shape index (κ1) is 12.4. The molecular weight excluding hydrogens is 212 g/mol. The average Bonchev–Trinajstić information content (AvgIpc) is 2.27. The molecule has 17 heavy (non-hydrogen) atoms. The minimum Gasteiger partial charge on any atom is -0.478 e. The van der Waals surface area contributed by atoms with Crippen LogP contribution in [0.2, 0.25) is 0 Å². The van der Waals surface area contributed by atoms with E-state index in [0.29, 0.717) is 16.9 Å². The first-order chi connectivity index (χ1) is 7.94. The topological polar surface area (TPSA) is 37.3 Å². The smallest absolute Gasteiger partial charge is 0.331 e. The molecule has 0 radical (unpaired) electrons. The largest absolute Gasteiger partial charge is 0.478 e. The van der Waals surface area contributed by atoms with Gasteiger partial charge in [0.15, 0.2) is 0 Å². The minimum absolute atomic E-state index is 0.0520. The summed E-state index contributed by atoms with van der Waals surface area (Å²) in [7, 11) is 0. The average molecular weight is 234 g/mol. The molecule has 0 aliphatic heterocycles. The molecule has 1 N–H and O–H groups in total. The Kier molecular flexibility index (Phi) is 3.15. The van der Waals surface area contributed by atoms with Gasteiger partial charge in [-0.2, -0.15) is 0 Å². The molecule has 1 fully saturated rings. The fourth-order valence-corrected chi connectivity index (χ4v) is 3.54. The SMILES string of the molecule is C=C(C(=O)O)[C@H]1C=C2[C@@H](C)CCC[C@]2(C)CC1. The van der Waals surface area contributed by atoms with Crippen LogP contribution in [0, 0.1) is 17.3 Å². The van der Waals surface area contributed by atoms with Crippen molar-refractivity contribution in [1.82, 2.24) is 0 Å². The lowest BCUT2D eigenvalue weighted by atomic mass is 9.60. The van der Waals surface area contributed by atoms with Crippen molar-refractivity contribution in [3.05, 3.63) is 23.8 Å². The van der Waals surface area contributed by atoms with Crippen LogP contribution < -0.4 is 0 Å². The Morgan fingerprint density at radius 1 is 1.47 bits per heavy atom. The van der Waals surface area contributed by atoms with Crippen LogP contribution in [0.25, 0.3) is 0 Å². The molecule has 0 unspecified atom stereocenters. The highest BCUT2D eigenvalue weighted by Gasteiger charge is 2.39. The first-order valence-electron chi connectivity index (χ1n) is 6.58. The molecule has 0 bridgehead atoms. The van der Waals surface area contributed by atoms with Crippen LogP contribution in [0.4, 0.5) is 0 Å². The van der Waals surface area contributed by atoms with Crippen LogP contribution in [0.5, 0.6) is 0 Å². The summed E-state index contributed by atoms with van der Waals surface area (Å²) >= 11 is 0. The van der Waals surface area contributed by atoms with Gasteiger partial charge in [0.2, 0.25) is 0 Å². The summed E-state index contributed by atoms with van der Waals surface area (Å²) < 4.78 is 0. The maximum absolute atomic E-state index is 11.0. The Labute approximate surface area is 103 Å². The Hall–Kier alpha value is -1.05. The number of fused-ring (bicyclic) bond motifs is 1. The van der Waals surface area contributed by atoms with Crippen LogP contribution >= 0.6 is 0 Å². The van der Waals surface area contributed by atoms with E-state index in [4.69, 9.17) is 5.11 Å². The number of hydrogen-bond acceptors (Lipinski definition) is 1. The van der Waals surface area contributed by atoms with Crippen molar-refractivity contribution in [1.29, 1.82) is 0 Å². The lowest BCUT2D eigenvalue weighted by molar-refractivity contribution is -0.133. The molecule has 0 spiro atoms. The van der Waals surface area contributed by atoms with E-state index in [1.165, 1.54) is 24.8 Å². The standard InChI is InChI=1S/C15H22O2/c1-10-5-4-7-15(3)8-6-12(9-13(10)15)11(2)14(16)17/h9-10,12H,2,4-8H2,1,3H3,(H,16,17)/t10-,12+,15+/m0/s1. The summed E-state index contributed by atoms with van der Waals surface area (Å²) in [6.07, 6.45) is 8.07. The van der Waals surface area contributed by atoms with Crippen LogP contribution in [0.15, 0.2) is 23.8 Å². The monoisotopic (exact) mass is 234 g/mol. The second kappa shape index (κ2) is 4.32. The van der Waals surface area contributed by atoms with E-state index in [0.717, 1.165) is 12.8 Å². The van der Waals surface area contributed by atoms with E-state index in [-0.39, 0.29) is 5.92 Å². The van der Waals surface area contributed by atoms with E-state index in [1.807, 2.05) is 0 Å².